The van der Waals surface area contributed by atoms with Crippen LogP contribution in [0.2, 0.25) is 0 Å². The molecule has 19 heavy (non-hydrogen) atoms. The summed E-state index contributed by atoms with van der Waals surface area (Å²) < 4.78 is 5.33. The predicted octanol–water partition coefficient (Wildman–Crippen LogP) is 3.76. The van der Waals surface area contributed by atoms with E-state index in [4.69, 9.17) is 4.74 Å². The maximum Gasteiger partial charge on any atom is 0.339 e. The van der Waals surface area contributed by atoms with Gasteiger partial charge in [-0.15, -0.1) is 0 Å². The van der Waals surface area contributed by atoms with Crippen LogP contribution in [0.1, 0.15) is 22.8 Å². The number of benzene rings is 2. The van der Waals surface area contributed by atoms with Crippen LogP contribution in [-0.4, -0.2) is 17.7 Å². The Hall–Kier alpha value is -2.29. The highest BCUT2D eigenvalue weighted by Gasteiger charge is 2.12. The molecule has 0 aliphatic rings. The lowest BCUT2D eigenvalue weighted by Gasteiger charge is -2.10. The minimum absolute atomic E-state index is 0.195. The third-order valence-corrected chi connectivity index (χ3v) is 2.86. The van der Waals surface area contributed by atoms with Crippen LogP contribution >= 0.6 is 0 Å². The zero-order valence-corrected chi connectivity index (χ0v) is 11.0. The first-order chi connectivity index (χ1) is 9.11. The summed E-state index contributed by atoms with van der Waals surface area (Å²) in [5.41, 5.74) is 3.22. The minimum Gasteiger partial charge on any atom is -0.493 e. The molecule has 1 N–H and O–H groups in total. The molecule has 0 atom stereocenters. The summed E-state index contributed by atoms with van der Waals surface area (Å²) in [6.45, 7) is 4.29. The van der Waals surface area contributed by atoms with E-state index in [1.165, 1.54) is 0 Å². The zero-order valence-electron chi connectivity index (χ0n) is 11.0. The third-order valence-electron chi connectivity index (χ3n) is 2.86. The molecule has 3 nitrogen and oxygen atoms in total. The second-order valence-electron chi connectivity index (χ2n) is 4.32. The van der Waals surface area contributed by atoms with Crippen LogP contribution in [0, 0.1) is 6.92 Å². The molecule has 0 radical (unpaired) electrons. The summed E-state index contributed by atoms with van der Waals surface area (Å²) >= 11 is 0. The van der Waals surface area contributed by atoms with Gasteiger partial charge in [-0.3, -0.25) is 0 Å². The maximum absolute atomic E-state index is 11.3. The first kappa shape index (κ1) is 13.1. The highest BCUT2D eigenvalue weighted by molar-refractivity contribution is 5.92. The molecule has 0 saturated heterocycles. The first-order valence-electron chi connectivity index (χ1n) is 6.19. The van der Waals surface area contributed by atoms with Crippen molar-refractivity contribution in [2.24, 2.45) is 0 Å². The fraction of sp³-hybridized carbons (Fsp3) is 0.188. The Morgan fingerprint density at radius 3 is 2.53 bits per heavy atom. The number of aromatic carboxylic acids is 1. The van der Waals surface area contributed by atoms with E-state index in [0.717, 1.165) is 16.7 Å². The van der Waals surface area contributed by atoms with E-state index in [-0.39, 0.29) is 5.56 Å². The van der Waals surface area contributed by atoms with Crippen molar-refractivity contribution in [1.82, 2.24) is 0 Å². The van der Waals surface area contributed by atoms with Gasteiger partial charge >= 0.3 is 5.97 Å². The molecule has 0 aliphatic carbocycles. The first-order valence-corrected chi connectivity index (χ1v) is 6.19. The average molecular weight is 256 g/mol. The van der Waals surface area contributed by atoms with Gasteiger partial charge in [0.1, 0.15) is 11.3 Å². The van der Waals surface area contributed by atoms with Crippen molar-refractivity contribution >= 4 is 5.97 Å². The Kier molecular flexibility index (Phi) is 3.85. The van der Waals surface area contributed by atoms with Gasteiger partial charge in [-0.2, -0.15) is 0 Å². The van der Waals surface area contributed by atoms with E-state index < -0.39 is 5.97 Å². The number of carbonyl (C=O) groups is 1. The third kappa shape index (κ3) is 2.94. The van der Waals surface area contributed by atoms with Gasteiger partial charge in [-0.05, 0) is 37.1 Å². The molecule has 2 aromatic carbocycles. The highest BCUT2D eigenvalue weighted by Crippen LogP contribution is 2.27. The van der Waals surface area contributed by atoms with Gasteiger partial charge in [-0.25, -0.2) is 4.79 Å². The van der Waals surface area contributed by atoms with Crippen molar-refractivity contribution in [1.29, 1.82) is 0 Å². The van der Waals surface area contributed by atoms with Gasteiger partial charge < -0.3 is 9.84 Å². The molecule has 0 bridgehead atoms. The largest absolute Gasteiger partial charge is 0.493 e. The van der Waals surface area contributed by atoms with Crippen molar-refractivity contribution in [3.05, 3.63) is 53.6 Å². The number of ether oxygens (including phenoxy) is 1. The fourth-order valence-corrected chi connectivity index (χ4v) is 1.98. The van der Waals surface area contributed by atoms with Gasteiger partial charge in [0.25, 0.3) is 0 Å². The molecular weight excluding hydrogens is 240 g/mol. The van der Waals surface area contributed by atoms with E-state index in [9.17, 15) is 9.90 Å². The van der Waals surface area contributed by atoms with Crippen molar-refractivity contribution in [3.8, 4) is 16.9 Å². The highest BCUT2D eigenvalue weighted by atomic mass is 16.5. The molecule has 0 amide bonds. The molecule has 0 saturated carbocycles. The minimum atomic E-state index is -0.974. The summed E-state index contributed by atoms with van der Waals surface area (Å²) in [5, 5.41) is 9.24. The zero-order chi connectivity index (χ0) is 13.8. The van der Waals surface area contributed by atoms with Crippen LogP contribution in [0.15, 0.2) is 42.5 Å². The smallest absolute Gasteiger partial charge is 0.339 e. The van der Waals surface area contributed by atoms with Crippen LogP contribution < -0.4 is 4.74 Å². The van der Waals surface area contributed by atoms with Crippen molar-refractivity contribution < 1.29 is 14.6 Å². The summed E-state index contributed by atoms with van der Waals surface area (Å²) in [6.07, 6.45) is 0. The second-order valence-corrected chi connectivity index (χ2v) is 4.32. The van der Waals surface area contributed by atoms with E-state index in [0.29, 0.717) is 12.4 Å². The molecule has 3 heteroatoms. The van der Waals surface area contributed by atoms with Crippen LogP contribution in [0.5, 0.6) is 5.75 Å². The van der Waals surface area contributed by atoms with Crippen LogP contribution in [-0.2, 0) is 0 Å². The molecule has 2 rings (SSSR count). The number of aryl methyl sites for hydroxylation is 1. The van der Waals surface area contributed by atoms with Crippen LogP contribution in [0.3, 0.4) is 0 Å². The van der Waals surface area contributed by atoms with E-state index in [1.807, 2.05) is 44.2 Å². The van der Waals surface area contributed by atoms with Gasteiger partial charge in [-0.1, -0.05) is 35.9 Å². The van der Waals surface area contributed by atoms with E-state index in [1.54, 1.807) is 12.1 Å². The summed E-state index contributed by atoms with van der Waals surface area (Å²) in [6, 6.07) is 13.2. The van der Waals surface area contributed by atoms with Gasteiger partial charge in [0, 0.05) is 0 Å². The molecule has 0 aromatic heterocycles. The molecule has 2 aromatic rings. The number of hydrogen-bond acceptors (Lipinski definition) is 2. The van der Waals surface area contributed by atoms with Crippen molar-refractivity contribution in [2.45, 2.75) is 13.8 Å². The number of hydrogen-bond donors (Lipinski definition) is 1. The lowest BCUT2D eigenvalue weighted by atomic mass is 10.0. The molecule has 0 fully saturated rings. The molecule has 0 heterocycles. The Balaban J connectivity index is 2.49. The molecular formula is C16H16O3. The summed E-state index contributed by atoms with van der Waals surface area (Å²) in [5.74, 6) is -0.565. The molecule has 0 spiro atoms. The maximum atomic E-state index is 11.3. The van der Waals surface area contributed by atoms with Gasteiger partial charge in [0.15, 0.2) is 0 Å². The predicted molar refractivity (Wildman–Crippen MR) is 74.7 cm³/mol. The topological polar surface area (TPSA) is 46.5 Å². The van der Waals surface area contributed by atoms with Crippen molar-refractivity contribution in [2.75, 3.05) is 6.61 Å². The van der Waals surface area contributed by atoms with Gasteiger partial charge in [0.2, 0.25) is 0 Å². The SMILES string of the molecule is CCOc1ccc(-c2cccc(C)c2)cc1C(=O)O. The fourth-order valence-electron chi connectivity index (χ4n) is 1.98. The standard InChI is InChI=1S/C16H16O3/c1-3-19-15-8-7-13(10-14(15)16(17)18)12-6-4-5-11(2)9-12/h4-10H,3H2,1-2H3,(H,17,18). The lowest BCUT2D eigenvalue weighted by molar-refractivity contribution is 0.0692. The van der Waals surface area contributed by atoms with Gasteiger partial charge in [0.05, 0.1) is 6.61 Å². The quantitative estimate of drug-likeness (QED) is 0.906. The second kappa shape index (κ2) is 5.57. The number of carboxylic acids is 1. The monoisotopic (exact) mass is 256 g/mol. The van der Waals surface area contributed by atoms with Crippen molar-refractivity contribution in [3.63, 3.8) is 0 Å². The Labute approximate surface area is 112 Å². The normalized spacial score (nSPS) is 10.2. The lowest BCUT2D eigenvalue weighted by Crippen LogP contribution is -2.03. The Morgan fingerprint density at radius 1 is 1.16 bits per heavy atom. The van der Waals surface area contributed by atoms with Crippen LogP contribution in [0.4, 0.5) is 0 Å². The Bertz CT molecular complexity index is 603. The molecule has 0 unspecified atom stereocenters. The molecule has 0 aliphatic heterocycles. The molecule has 98 valence electrons. The van der Waals surface area contributed by atoms with E-state index >= 15 is 0 Å². The summed E-state index contributed by atoms with van der Waals surface area (Å²) in [4.78, 5) is 11.3. The number of carboxylic acid groups (broad SMARTS) is 1. The summed E-state index contributed by atoms with van der Waals surface area (Å²) in [7, 11) is 0. The van der Waals surface area contributed by atoms with E-state index in [2.05, 4.69) is 0 Å². The average Bonchev–Trinajstić information content (AvgIpc) is 2.39. The Morgan fingerprint density at radius 2 is 1.89 bits per heavy atom. The number of rotatable bonds is 4. The van der Waals surface area contributed by atoms with Crippen LogP contribution in [0.25, 0.3) is 11.1 Å².